The molecule has 0 radical (unpaired) electrons. The maximum Gasteiger partial charge on any atom is 0.334 e. The molecule has 0 spiro atoms. The van der Waals surface area contributed by atoms with Crippen LogP contribution in [0.15, 0.2) is 11.6 Å². The van der Waals surface area contributed by atoms with Crippen LogP contribution in [0, 0.1) is 0 Å². The molecule has 2 aliphatic rings. The highest BCUT2D eigenvalue weighted by molar-refractivity contribution is 5.90. The summed E-state index contributed by atoms with van der Waals surface area (Å²) in [6.45, 7) is 5.50. The Morgan fingerprint density at radius 1 is 0.766 bits per heavy atom. The van der Waals surface area contributed by atoms with Crippen LogP contribution in [0.5, 0.6) is 0 Å². The van der Waals surface area contributed by atoms with Crippen molar-refractivity contribution in [2.75, 3.05) is 0 Å². The molecule has 47 heavy (non-hydrogen) atoms. The number of hydrogen-bond donors (Lipinski definition) is 3. The fourth-order valence-electron chi connectivity index (χ4n) is 7.07. The molecule has 0 bridgehead atoms. The van der Waals surface area contributed by atoms with Crippen LogP contribution in [-0.4, -0.2) is 70.0 Å². The standard InChI is InChI=1S/C39H70O8/c1-4-5-6-7-8-9-10-14-17-20-23-35(43)36-26-27-37(47-36)38(46-31(3)40)29-34(42)22-19-16-13-11-12-15-18-21-33(41)25-24-32-28-30(2)45-39(32)44/h28,30,33-38,41-43H,4-27,29H2,1-3H3/t30?,33?,34-,35-,36-,37-,38-/m1/s1. The fourth-order valence-corrected chi connectivity index (χ4v) is 7.07. The molecule has 0 aromatic heterocycles. The molecule has 3 N–H and O–H groups in total. The summed E-state index contributed by atoms with van der Waals surface area (Å²) in [4.78, 5) is 23.5. The van der Waals surface area contributed by atoms with E-state index in [4.69, 9.17) is 14.2 Å². The molecular formula is C39H70O8. The first-order valence-electron chi connectivity index (χ1n) is 19.5. The summed E-state index contributed by atoms with van der Waals surface area (Å²) >= 11 is 0. The van der Waals surface area contributed by atoms with Gasteiger partial charge in [-0.15, -0.1) is 0 Å². The first-order valence-corrected chi connectivity index (χ1v) is 19.5. The van der Waals surface area contributed by atoms with Gasteiger partial charge in [0.15, 0.2) is 0 Å². The Kier molecular flexibility index (Phi) is 22.6. The number of aliphatic hydroxyl groups excluding tert-OH is 3. The maximum absolute atomic E-state index is 11.8. The highest BCUT2D eigenvalue weighted by Gasteiger charge is 2.37. The number of carbonyl (C=O) groups excluding carboxylic acids is 2. The number of aliphatic hydroxyl groups is 3. The molecule has 274 valence electrons. The van der Waals surface area contributed by atoms with Crippen LogP contribution < -0.4 is 0 Å². The predicted molar refractivity (Wildman–Crippen MR) is 187 cm³/mol. The van der Waals surface area contributed by atoms with Gasteiger partial charge in [0.1, 0.15) is 12.2 Å². The van der Waals surface area contributed by atoms with E-state index < -0.39 is 18.3 Å². The number of rotatable bonds is 29. The molecule has 0 amide bonds. The Labute approximate surface area is 286 Å². The third-order valence-electron chi connectivity index (χ3n) is 9.92. The first-order chi connectivity index (χ1) is 22.7. The Bertz CT molecular complexity index is 860. The molecule has 0 aromatic rings. The first kappa shape index (κ1) is 41.7. The van der Waals surface area contributed by atoms with E-state index in [0.717, 1.165) is 83.5 Å². The van der Waals surface area contributed by atoms with Crippen molar-refractivity contribution in [2.24, 2.45) is 0 Å². The van der Waals surface area contributed by atoms with E-state index in [1.54, 1.807) is 0 Å². The van der Waals surface area contributed by atoms with E-state index in [9.17, 15) is 24.9 Å². The van der Waals surface area contributed by atoms with Gasteiger partial charge in [-0.05, 0) is 57.9 Å². The molecule has 0 aliphatic carbocycles. The Hall–Kier alpha value is -1.48. The third kappa shape index (κ3) is 19.3. The van der Waals surface area contributed by atoms with Crippen molar-refractivity contribution in [3.8, 4) is 0 Å². The lowest BCUT2D eigenvalue weighted by molar-refractivity contribution is -0.159. The summed E-state index contributed by atoms with van der Waals surface area (Å²) in [7, 11) is 0. The monoisotopic (exact) mass is 667 g/mol. The lowest BCUT2D eigenvalue weighted by atomic mass is 9.98. The third-order valence-corrected chi connectivity index (χ3v) is 9.92. The second-order valence-electron chi connectivity index (χ2n) is 14.4. The molecule has 7 atom stereocenters. The van der Waals surface area contributed by atoms with Crippen molar-refractivity contribution in [3.05, 3.63) is 11.6 Å². The molecular weight excluding hydrogens is 596 g/mol. The van der Waals surface area contributed by atoms with Crippen LogP contribution in [-0.2, 0) is 23.8 Å². The summed E-state index contributed by atoms with van der Waals surface area (Å²) in [5.41, 5.74) is 0.689. The van der Waals surface area contributed by atoms with Gasteiger partial charge in [-0.25, -0.2) is 4.79 Å². The van der Waals surface area contributed by atoms with Gasteiger partial charge in [0, 0.05) is 18.9 Å². The number of hydrogen-bond acceptors (Lipinski definition) is 8. The number of esters is 2. The van der Waals surface area contributed by atoms with Gasteiger partial charge < -0.3 is 29.5 Å². The Balaban J connectivity index is 1.50. The Morgan fingerprint density at radius 3 is 1.81 bits per heavy atom. The van der Waals surface area contributed by atoms with Crippen molar-refractivity contribution in [2.45, 2.75) is 224 Å². The smallest absolute Gasteiger partial charge is 0.334 e. The number of carbonyl (C=O) groups is 2. The van der Waals surface area contributed by atoms with Gasteiger partial charge in [-0.3, -0.25) is 4.79 Å². The molecule has 2 unspecified atom stereocenters. The minimum absolute atomic E-state index is 0.153. The van der Waals surface area contributed by atoms with E-state index in [0.29, 0.717) is 31.3 Å². The van der Waals surface area contributed by atoms with Gasteiger partial charge >= 0.3 is 11.9 Å². The second-order valence-corrected chi connectivity index (χ2v) is 14.4. The zero-order chi connectivity index (χ0) is 34.3. The minimum atomic E-state index is -0.551. The zero-order valence-electron chi connectivity index (χ0n) is 30.2. The topological polar surface area (TPSA) is 123 Å². The molecule has 8 nitrogen and oxygen atoms in total. The summed E-state index contributed by atoms with van der Waals surface area (Å²) in [6.07, 6.45) is 24.6. The average Bonchev–Trinajstić information content (AvgIpc) is 3.65. The van der Waals surface area contributed by atoms with Crippen LogP contribution in [0.1, 0.15) is 181 Å². The van der Waals surface area contributed by atoms with Crippen LogP contribution in [0.2, 0.25) is 0 Å². The lowest BCUT2D eigenvalue weighted by Gasteiger charge is -2.27. The molecule has 2 aliphatic heterocycles. The fraction of sp³-hybridized carbons (Fsp3) is 0.897. The van der Waals surface area contributed by atoms with E-state index >= 15 is 0 Å². The van der Waals surface area contributed by atoms with Crippen LogP contribution in [0.25, 0.3) is 0 Å². The summed E-state index contributed by atoms with van der Waals surface area (Å²) in [5.74, 6) is -0.610. The molecule has 0 saturated carbocycles. The van der Waals surface area contributed by atoms with Crippen molar-refractivity contribution in [1.82, 2.24) is 0 Å². The zero-order valence-corrected chi connectivity index (χ0v) is 30.2. The van der Waals surface area contributed by atoms with Gasteiger partial charge in [0.2, 0.25) is 0 Å². The van der Waals surface area contributed by atoms with Crippen LogP contribution in [0.3, 0.4) is 0 Å². The predicted octanol–water partition coefficient (Wildman–Crippen LogP) is 8.41. The minimum Gasteiger partial charge on any atom is -0.460 e. The lowest BCUT2D eigenvalue weighted by Crippen LogP contribution is -2.36. The summed E-state index contributed by atoms with van der Waals surface area (Å²) in [6, 6.07) is 0. The summed E-state index contributed by atoms with van der Waals surface area (Å²) in [5, 5.41) is 31.7. The molecule has 2 heterocycles. The van der Waals surface area contributed by atoms with Crippen molar-refractivity contribution in [1.29, 1.82) is 0 Å². The number of unbranched alkanes of at least 4 members (excludes halogenated alkanes) is 15. The van der Waals surface area contributed by atoms with Gasteiger partial charge in [-0.2, -0.15) is 0 Å². The van der Waals surface area contributed by atoms with Gasteiger partial charge in [0.25, 0.3) is 0 Å². The number of ether oxygens (including phenoxy) is 3. The van der Waals surface area contributed by atoms with E-state index in [1.165, 1.54) is 58.3 Å². The molecule has 2 rings (SSSR count). The SMILES string of the molecule is CCCCCCCCCCCC[C@@H](O)[C@H]1CC[C@H]([C@@H](C[C@H](O)CCCCCCCCCC(O)CCC2=CC(C)OC2=O)OC(C)=O)O1. The average molecular weight is 667 g/mol. The molecule has 1 fully saturated rings. The van der Waals surface area contributed by atoms with Crippen LogP contribution >= 0.6 is 0 Å². The van der Waals surface area contributed by atoms with E-state index in [1.807, 2.05) is 13.0 Å². The van der Waals surface area contributed by atoms with E-state index in [-0.39, 0.29) is 36.4 Å². The largest absolute Gasteiger partial charge is 0.460 e. The Morgan fingerprint density at radius 2 is 1.28 bits per heavy atom. The quantitative estimate of drug-likeness (QED) is 0.0537. The summed E-state index contributed by atoms with van der Waals surface area (Å²) < 4.78 is 16.9. The highest BCUT2D eigenvalue weighted by Crippen LogP contribution is 2.30. The highest BCUT2D eigenvalue weighted by atomic mass is 16.6. The molecule has 1 saturated heterocycles. The van der Waals surface area contributed by atoms with Crippen LogP contribution in [0.4, 0.5) is 0 Å². The van der Waals surface area contributed by atoms with Gasteiger partial charge in [0.05, 0.1) is 30.5 Å². The second kappa shape index (κ2) is 25.5. The van der Waals surface area contributed by atoms with Crippen molar-refractivity contribution < 1.29 is 39.1 Å². The normalized spacial score (nSPS) is 22.1. The van der Waals surface area contributed by atoms with Gasteiger partial charge in [-0.1, -0.05) is 116 Å². The maximum atomic E-state index is 11.8. The van der Waals surface area contributed by atoms with Crippen molar-refractivity contribution >= 4 is 11.9 Å². The van der Waals surface area contributed by atoms with E-state index in [2.05, 4.69) is 6.92 Å². The number of cyclic esters (lactones) is 1. The van der Waals surface area contributed by atoms with Crippen molar-refractivity contribution in [3.63, 3.8) is 0 Å². The molecule has 8 heteroatoms. The molecule has 0 aromatic carbocycles.